The zero-order chi connectivity index (χ0) is 19.9. The minimum absolute atomic E-state index is 0.107. The highest BCUT2D eigenvalue weighted by molar-refractivity contribution is 6.74. The third kappa shape index (κ3) is 4.81. The first-order valence-electron chi connectivity index (χ1n) is 9.79. The van der Waals surface area contributed by atoms with Crippen LogP contribution in [0, 0.1) is 0 Å². The molecule has 4 atom stereocenters. The van der Waals surface area contributed by atoms with Crippen molar-refractivity contribution < 1.29 is 23.4 Å². The summed E-state index contributed by atoms with van der Waals surface area (Å²) in [5.74, 6) is -0.653. The van der Waals surface area contributed by atoms with Gasteiger partial charge in [-0.2, -0.15) is 0 Å². The summed E-state index contributed by atoms with van der Waals surface area (Å²) >= 11 is 0. The zero-order valence-electron chi connectivity index (χ0n) is 17.7. The van der Waals surface area contributed by atoms with Gasteiger partial charge in [0.25, 0.3) is 0 Å². The lowest BCUT2D eigenvalue weighted by molar-refractivity contribution is -0.219. The molecule has 0 radical (unpaired) electrons. The Hall–Kier alpha value is -0.763. The molecule has 152 valence electrons. The van der Waals surface area contributed by atoms with Gasteiger partial charge in [0.15, 0.2) is 20.4 Å². The fraction of sp³-hybridized carbons (Fsp3) is 0.714. The van der Waals surface area contributed by atoms with Crippen LogP contribution >= 0.6 is 0 Å². The van der Waals surface area contributed by atoms with Gasteiger partial charge in [0.05, 0.1) is 13.2 Å². The van der Waals surface area contributed by atoms with Gasteiger partial charge in [-0.3, -0.25) is 0 Å². The standard InChI is InChI=1S/C21H34O5Si/c1-20(2,3)27(6,7)26-17-16(14-22-13-15-11-9-8-10-12-15)23-19-18(17)24-21(4,5)25-19/h8-12,16-19H,13-14H2,1-7H3/t16-,17+,18-,19-/m1/s1. The molecule has 3 rings (SSSR count). The molecule has 0 saturated carbocycles. The Morgan fingerprint density at radius 1 is 1.07 bits per heavy atom. The van der Waals surface area contributed by atoms with Gasteiger partial charge in [-0.1, -0.05) is 51.1 Å². The quantitative estimate of drug-likeness (QED) is 0.666. The van der Waals surface area contributed by atoms with Gasteiger partial charge in [-0.15, -0.1) is 0 Å². The molecule has 0 unspecified atom stereocenters. The lowest BCUT2D eigenvalue weighted by Crippen LogP contribution is -2.50. The van der Waals surface area contributed by atoms with E-state index < -0.39 is 20.4 Å². The monoisotopic (exact) mass is 394 g/mol. The minimum atomic E-state index is -1.99. The Bertz CT molecular complexity index is 625. The normalized spacial score (nSPS) is 30.5. The fourth-order valence-corrected chi connectivity index (χ4v) is 4.53. The Kier molecular flexibility index (Phi) is 5.88. The van der Waals surface area contributed by atoms with Crippen molar-refractivity contribution in [2.75, 3.05) is 6.61 Å². The van der Waals surface area contributed by atoms with Gasteiger partial charge in [0.2, 0.25) is 0 Å². The highest BCUT2D eigenvalue weighted by atomic mass is 28.4. The largest absolute Gasteiger partial charge is 0.408 e. The second-order valence-electron chi connectivity index (χ2n) is 9.49. The third-order valence-electron chi connectivity index (χ3n) is 5.72. The lowest BCUT2D eigenvalue weighted by Gasteiger charge is -2.40. The SMILES string of the molecule is CC1(C)O[C@H]2O[C@H](COCc3ccccc3)[C@H](O[Si](C)(C)C(C)(C)C)[C@H]2O1. The van der Waals surface area contributed by atoms with E-state index in [0.717, 1.165) is 5.56 Å². The van der Waals surface area contributed by atoms with Crippen LogP contribution in [0.3, 0.4) is 0 Å². The van der Waals surface area contributed by atoms with Crippen LogP contribution in [0.1, 0.15) is 40.2 Å². The van der Waals surface area contributed by atoms with Gasteiger partial charge in [-0.05, 0) is 37.5 Å². The van der Waals surface area contributed by atoms with Crippen LogP contribution in [0.5, 0.6) is 0 Å². The molecule has 0 N–H and O–H groups in total. The summed E-state index contributed by atoms with van der Waals surface area (Å²) in [6.45, 7) is 16.1. The molecule has 0 aromatic heterocycles. The van der Waals surface area contributed by atoms with Gasteiger partial charge < -0.3 is 23.4 Å². The predicted octanol–water partition coefficient (Wildman–Crippen LogP) is 4.47. The summed E-state index contributed by atoms with van der Waals surface area (Å²) in [7, 11) is -1.99. The van der Waals surface area contributed by atoms with Gasteiger partial charge in [0, 0.05) is 0 Å². The Balaban J connectivity index is 1.68. The molecule has 0 aliphatic carbocycles. The van der Waals surface area contributed by atoms with Crippen LogP contribution in [-0.2, 0) is 30.0 Å². The predicted molar refractivity (Wildman–Crippen MR) is 107 cm³/mol. The van der Waals surface area contributed by atoms with E-state index in [9.17, 15) is 0 Å². The summed E-state index contributed by atoms with van der Waals surface area (Å²) < 4.78 is 30.9. The van der Waals surface area contributed by atoms with Crippen LogP contribution in [0.4, 0.5) is 0 Å². The highest BCUT2D eigenvalue weighted by Crippen LogP contribution is 2.43. The summed E-state index contributed by atoms with van der Waals surface area (Å²) in [6, 6.07) is 10.2. The van der Waals surface area contributed by atoms with Crippen LogP contribution in [0.2, 0.25) is 18.1 Å². The molecule has 0 amide bonds. The molecule has 1 aromatic carbocycles. The first kappa shape index (κ1) is 21.0. The molecule has 2 aliphatic rings. The Morgan fingerprint density at radius 3 is 2.37 bits per heavy atom. The molecule has 6 heteroatoms. The van der Waals surface area contributed by atoms with E-state index in [1.807, 2.05) is 32.0 Å². The van der Waals surface area contributed by atoms with Crippen molar-refractivity contribution in [2.45, 2.75) is 89.7 Å². The highest BCUT2D eigenvalue weighted by Gasteiger charge is 2.57. The Labute approximate surface area is 164 Å². The summed E-state index contributed by atoms with van der Waals surface area (Å²) in [5, 5.41) is 0.107. The molecule has 2 saturated heterocycles. The number of ether oxygens (including phenoxy) is 4. The second-order valence-corrected chi connectivity index (χ2v) is 14.2. The summed E-state index contributed by atoms with van der Waals surface area (Å²) in [5.41, 5.74) is 1.14. The maximum absolute atomic E-state index is 6.71. The van der Waals surface area contributed by atoms with E-state index in [-0.39, 0.29) is 23.4 Å². The van der Waals surface area contributed by atoms with E-state index in [0.29, 0.717) is 13.2 Å². The van der Waals surface area contributed by atoms with Gasteiger partial charge >= 0.3 is 0 Å². The van der Waals surface area contributed by atoms with Crippen molar-refractivity contribution in [3.05, 3.63) is 35.9 Å². The number of benzene rings is 1. The van der Waals surface area contributed by atoms with Crippen LogP contribution in [0.15, 0.2) is 30.3 Å². The number of hydrogen-bond donors (Lipinski definition) is 0. The topological polar surface area (TPSA) is 46.2 Å². The summed E-state index contributed by atoms with van der Waals surface area (Å²) in [6.07, 6.45) is -1.01. The maximum atomic E-state index is 6.71. The van der Waals surface area contributed by atoms with Crippen LogP contribution in [0.25, 0.3) is 0 Å². The molecular formula is C21H34O5Si. The van der Waals surface area contributed by atoms with Crippen molar-refractivity contribution in [2.24, 2.45) is 0 Å². The maximum Gasteiger partial charge on any atom is 0.192 e. The number of fused-ring (bicyclic) bond motifs is 1. The molecule has 2 heterocycles. The first-order chi connectivity index (χ1) is 12.5. The minimum Gasteiger partial charge on any atom is -0.408 e. The van der Waals surface area contributed by atoms with E-state index in [4.69, 9.17) is 23.4 Å². The molecule has 1 aromatic rings. The van der Waals surface area contributed by atoms with Crippen molar-refractivity contribution >= 4 is 8.32 Å². The van der Waals surface area contributed by atoms with Crippen molar-refractivity contribution in [1.29, 1.82) is 0 Å². The van der Waals surface area contributed by atoms with E-state index in [1.54, 1.807) is 0 Å². The number of hydrogen-bond acceptors (Lipinski definition) is 5. The first-order valence-corrected chi connectivity index (χ1v) is 12.7. The lowest BCUT2D eigenvalue weighted by atomic mass is 10.1. The Morgan fingerprint density at radius 2 is 1.74 bits per heavy atom. The van der Waals surface area contributed by atoms with Crippen molar-refractivity contribution in [3.63, 3.8) is 0 Å². The molecule has 27 heavy (non-hydrogen) atoms. The van der Waals surface area contributed by atoms with Crippen LogP contribution < -0.4 is 0 Å². The molecule has 0 bridgehead atoms. The smallest absolute Gasteiger partial charge is 0.192 e. The fourth-order valence-electron chi connectivity index (χ4n) is 3.21. The van der Waals surface area contributed by atoms with E-state index in [2.05, 4.69) is 46.0 Å². The second kappa shape index (κ2) is 7.58. The van der Waals surface area contributed by atoms with E-state index in [1.165, 1.54) is 0 Å². The average molecular weight is 395 g/mol. The third-order valence-corrected chi connectivity index (χ3v) is 10.2. The molecule has 2 fully saturated rings. The van der Waals surface area contributed by atoms with Gasteiger partial charge in [-0.25, -0.2) is 0 Å². The molecule has 2 aliphatic heterocycles. The zero-order valence-corrected chi connectivity index (χ0v) is 18.7. The van der Waals surface area contributed by atoms with Gasteiger partial charge in [0.1, 0.15) is 18.3 Å². The van der Waals surface area contributed by atoms with Crippen molar-refractivity contribution in [3.8, 4) is 0 Å². The number of rotatable bonds is 6. The summed E-state index contributed by atoms with van der Waals surface area (Å²) in [4.78, 5) is 0. The van der Waals surface area contributed by atoms with Crippen LogP contribution in [-0.4, -0.2) is 45.3 Å². The van der Waals surface area contributed by atoms with Crippen molar-refractivity contribution in [1.82, 2.24) is 0 Å². The molecule has 0 spiro atoms. The average Bonchev–Trinajstić information content (AvgIpc) is 3.00. The molecule has 5 nitrogen and oxygen atoms in total. The van der Waals surface area contributed by atoms with E-state index >= 15 is 0 Å². The molecular weight excluding hydrogens is 360 g/mol.